The Kier molecular flexibility index (Phi) is 5.64. The van der Waals surface area contributed by atoms with Crippen LogP contribution in [-0.4, -0.2) is 17.4 Å². The number of hydrogen-bond donors (Lipinski definition) is 1. The number of nitro groups is 1. The highest BCUT2D eigenvalue weighted by molar-refractivity contribution is 6.42. The fourth-order valence-corrected chi connectivity index (χ4v) is 2.37. The Morgan fingerprint density at radius 3 is 2.62 bits per heavy atom. The minimum atomic E-state index is -0.545. The molecule has 2 aromatic rings. The van der Waals surface area contributed by atoms with Crippen LogP contribution in [0.25, 0.3) is 0 Å². The molecule has 24 heavy (non-hydrogen) atoms. The summed E-state index contributed by atoms with van der Waals surface area (Å²) < 4.78 is 5.32. The molecule has 6 nitrogen and oxygen atoms in total. The van der Waals surface area contributed by atoms with Gasteiger partial charge >= 0.3 is 0 Å². The molecule has 8 heteroatoms. The van der Waals surface area contributed by atoms with Crippen molar-refractivity contribution < 1.29 is 14.5 Å². The molecule has 1 amide bonds. The van der Waals surface area contributed by atoms with E-state index in [1.807, 2.05) is 0 Å². The highest BCUT2D eigenvalue weighted by Crippen LogP contribution is 2.32. The molecule has 0 radical (unpaired) electrons. The summed E-state index contributed by atoms with van der Waals surface area (Å²) in [6.45, 7) is 3.15. The molecule has 0 saturated carbocycles. The number of anilines is 1. The average molecular weight is 369 g/mol. The maximum atomic E-state index is 12.1. The topological polar surface area (TPSA) is 81.5 Å². The van der Waals surface area contributed by atoms with Gasteiger partial charge in [0.25, 0.3) is 11.6 Å². The lowest BCUT2D eigenvalue weighted by molar-refractivity contribution is -0.384. The Hall–Kier alpha value is -2.31. The fourth-order valence-electron chi connectivity index (χ4n) is 2.03. The Balaban J connectivity index is 2.14. The van der Waals surface area contributed by atoms with Crippen molar-refractivity contribution in [2.75, 3.05) is 11.9 Å². The predicted octanol–water partition coefficient (Wildman–Crippen LogP) is 4.54. The summed E-state index contributed by atoms with van der Waals surface area (Å²) in [6.07, 6.45) is 0. The summed E-state index contributed by atoms with van der Waals surface area (Å²) in [4.78, 5) is 22.7. The minimum Gasteiger partial charge on any atom is -0.482 e. The number of nitrogens with one attached hydrogen (secondary N) is 1. The van der Waals surface area contributed by atoms with Gasteiger partial charge < -0.3 is 10.1 Å². The summed E-state index contributed by atoms with van der Waals surface area (Å²) in [5, 5.41) is 14.1. The van der Waals surface area contributed by atoms with Crippen LogP contribution in [0.4, 0.5) is 11.4 Å². The second-order valence-corrected chi connectivity index (χ2v) is 5.83. The van der Waals surface area contributed by atoms with Gasteiger partial charge in [-0.05, 0) is 37.1 Å². The number of nitrogens with zero attached hydrogens (tertiary/aromatic N) is 1. The molecular weight excluding hydrogens is 355 g/mol. The number of carbonyl (C=O) groups excluding carboxylic acids is 1. The molecule has 2 aromatic carbocycles. The second-order valence-electron chi connectivity index (χ2n) is 5.05. The van der Waals surface area contributed by atoms with Crippen molar-refractivity contribution in [3.05, 3.63) is 61.6 Å². The maximum absolute atomic E-state index is 12.1. The number of rotatable bonds is 5. The molecule has 0 saturated heterocycles. The van der Waals surface area contributed by atoms with Crippen LogP contribution >= 0.6 is 23.2 Å². The van der Waals surface area contributed by atoms with E-state index in [1.165, 1.54) is 6.07 Å². The molecule has 0 aliphatic rings. The van der Waals surface area contributed by atoms with Gasteiger partial charge in [-0.25, -0.2) is 0 Å². The van der Waals surface area contributed by atoms with E-state index in [4.69, 9.17) is 27.9 Å². The fraction of sp³-hybridized carbons (Fsp3) is 0.188. The van der Waals surface area contributed by atoms with Crippen molar-refractivity contribution in [2.45, 2.75) is 13.8 Å². The second kappa shape index (κ2) is 7.51. The molecule has 126 valence electrons. The molecule has 0 heterocycles. The first-order valence-electron chi connectivity index (χ1n) is 6.92. The van der Waals surface area contributed by atoms with Crippen molar-refractivity contribution >= 4 is 40.5 Å². The van der Waals surface area contributed by atoms with E-state index in [9.17, 15) is 14.9 Å². The van der Waals surface area contributed by atoms with Crippen LogP contribution in [0.2, 0.25) is 10.0 Å². The van der Waals surface area contributed by atoms with Crippen LogP contribution in [0.5, 0.6) is 5.75 Å². The third kappa shape index (κ3) is 3.96. The Morgan fingerprint density at radius 1 is 1.25 bits per heavy atom. The number of aryl methyl sites for hydroxylation is 1. The van der Waals surface area contributed by atoms with Gasteiger partial charge in [-0.2, -0.15) is 0 Å². The first kappa shape index (κ1) is 18.0. The van der Waals surface area contributed by atoms with Crippen molar-refractivity contribution in [3.8, 4) is 5.75 Å². The molecule has 0 aliphatic carbocycles. The van der Waals surface area contributed by atoms with Crippen molar-refractivity contribution in [3.63, 3.8) is 0 Å². The number of ether oxygens (including phenoxy) is 1. The van der Waals surface area contributed by atoms with E-state index in [1.54, 1.807) is 38.1 Å². The van der Waals surface area contributed by atoms with E-state index in [0.29, 0.717) is 10.6 Å². The van der Waals surface area contributed by atoms with E-state index in [-0.39, 0.29) is 28.8 Å². The first-order valence-corrected chi connectivity index (χ1v) is 7.68. The zero-order chi connectivity index (χ0) is 17.9. The van der Waals surface area contributed by atoms with Gasteiger partial charge in [0.05, 0.1) is 9.95 Å². The lowest BCUT2D eigenvalue weighted by Crippen LogP contribution is -2.21. The number of hydrogen-bond acceptors (Lipinski definition) is 4. The summed E-state index contributed by atoms with van der Waals surface area (Å²) in [5.41, 5.74) is 1.44. The number of amides is 1. The molecule has 0 atom stereocenters. The van der Waals surface area contributed by atoms with Gasteiger partial charge in [-0.15, -0.1) is 0 Å². The molecule has 0 unspecified atom stereocenters. The SMILES string of the molecule is Cc1ccc([N+](=O)[O-])c(NC(=O)COc2cccc(Cl)c2Cl)c1C. The lowest BCUT2D eigenvalue weighted by Gasteiger charge is -2.12. The van der Waals surface area contributed by atoms with Gasteiger partial charge in [0, 0.05) is 6.07 Å². The monoisotopic (exact) mass is 368 g/mol. The number of halogens is 2. The van der Waals surface area contributed by atoms with Gasteiger partial charge in [0.2, 0.25) is 0 Å². The number of benzene rings is 2. The highest BCUT2D eigenvalue weighted by Gasteiger charge is 2.19. The third-order valence-electron chi connectivity index (χ3n) is 3.45. The molecule has 0 fully saturated rings. The molecule has 2 rings (SSSR count). The zero-order valence-electron chi connectivity index (χ0n) is 12.9. The molecule has 0 bridgehead atoms. The van der Waals surface area contributed by atoms with Gasteiger partial charge in [-0.1, -0.05) is 35.3 Å². The van der Waals surface area contributed by atoms with Crippen LogP contribution < -0.4 is 10.1 Å². The average Bonchev–Trinajstić information content (AvgIpc) is 2.53. The molecular formula is C16H14Cl2N2O4. The van der Waals surface area contributed by atoms with E-state index in [2.05, 4.69) is 5.32 Å². The molecule has 0 aliphatic heterocycles. The van der Waals surface area contributed by atoms with E-state index < -0.39 is 10.8 Å². The van der Waals surface area contributed by atoms with Crippen LogP contribution in [-0.2, 0) is 4.79 Å². The molecule has 1 N–H and O–H groups in total. The molecule has 0 aromatic heterocycles. The van der Waals surface area contributed by atoms with Gasteiger partial charge in [0.15, 0.2) is 6.61 Å². The Bertz CT molecular complexity index is 809. The summed E-state index contributed by atoms with van der Waals surface area (Å²) >= 11 is 11.8. The molecule has 0 spiro atoms. The third-order valence-corrected chi connectivity index (χ3v) is 4.25. The van der Waals surface area contributed by atoms with Crippen molar-refractivity contribution in [1.29, 1.82) is 0 Å². The largest absolute Gasteiger partial charge is 0.482 e. The number of nitro benzene ring substituents is 1. The normalized spacial score (nSPS) is 10.3. The number of carbonyl (C=O) groups is 1. The first-order chi connectivity index (χ1) is 11.3. The highest BCUT2D eigenvalue weighted by atomic mass is 35.5. The van der Waals surface area contributed by atoms with Crippen LogP contribution in [0.3, 0.4) is 0 Å². The van der Waals surface area contributed by atoms with Crippen molar-refractivity contribution in [2.24, 2.45) is 0 Å². The Labute approximate surface area is 148 Å². The van der Waals surface area contributed by atoms with Gasteiger partial charge in [0.1, 0.15) is 16.5 Å². The predicted molar refractivity (Wildman–Crippen MR) is 93.2 cm³/mol. The minimum absolute atomic E-state index is 0.158. The van der Waals surface area contributed by atoms with Crippen LogP contribution in [0.15, 0.2) is 30.3 Å². The standard InChI is InChI=1S/C16H14Cl2N2O4/c1-9-6-7-12(20(22)23)16(10(9)2)19-14(21)8-24-13-5-3-4-11(17)15(13)18/h3-7H,8H2,1-2H3,(H,19,21). The summed E-state index contributed by atoms with van der Waals surface area (Å²) in [6, 6.07) is 7.78. The smallest absolute Gasteiger partial charge is 0.293 e. The van der Waals surface area contributed by atoms with E-state index >= 15 is 0 Å². The van der Waals surface area contributed by atoms with Crippen molar-refractivity contribution in [1.82, 2.24) is 0 Å². The maximum Gasteiger partial charge on any atom is 0.293 e. The zero-order valence-corrected chi connectivity index (χ0v) is 14.4. The van der Waals surface area contributed by atoms with Crippen LogP contribution in [0, 0.1) is 24.0 Å². The lowest BCUT2D eigenvalue weighted by atomic mass is 10.1. The summed E-state index contributed by atoms with van der Waals surface area (Å²) in [7, 11) is 0. The summed E-state index contributed by atoms with van der Waals surface area (Å²) in [5.74, 6) is -0.280. The quantitative estimate of drug-likeness (QED) is 0.620. The van der Waals surface area contributed by atoms with E-state index in [0.717, 1.165) is 5.56 Å². The Morgan fingerprint density at radius 2 is 1.96 bits per heavy atom. The van der Waals surface area contributed by atoms with Gasteiger partial charge in [-0.3, -0.25) is 14.9 Å². The van der Waals surface area contributed by atoms with Crippen LogP contribution in [0.1, 0.15) is 11.1 Å².